The highest BCUT2D eigenvalue weighted by molar-refractivity contribution is 7.99. The zero-order valence-corrected chi connectivity index (χ0v) is 18.1. The molecule has 0 aliphatic carbocycles. The molecule has 2 aromatic carbocycles. The predicted molar refractivity (Wildman–Crippen MR) is 117 cm³/mol. The van der Waals surface area contributed by atoms with Gasteiger partial charge >= 0.3 is 0 Å². The van der Waals surface area contributed by atoms with Crippen LogP contribution in [0, 0.1) is 12.8 Å². The Bertz CT molecular complexity index is 951. The molecule has 29 heavy (non-hydrogen) atoms. The van der Waals surface area contributed by atoms with Gasteiger partial charge in [-0.3, -0.25) is 4.79 Å². The molecular weight excluding hydrogens is 382 g/mol. The predicted octanol–water partition coefficient (Wildman–Crippen LogP) is 5.21. The Balaban J connectivity index is 1.51. The number of rotatable bonds is 8. The summed E-state index contributed by atoms with van der Waals surface area (Å²) in [6.45, 7) is 8.41. The average molecular weight is 410 g/mol. The first-order valence-electron chi connectivity index (χ1n) is 9.83. The number of nitrogens with zero attached hydrogens (tertiary/aromatic N) is 2. The fourth-order valence-electron chi connectivity index (χ4n) is 3.10. The van der Waals surface area contributed by atoms with Crippen LogP contribution in [-0.2, 0) is 11.2 Å². The minimum absolute atomic E-state index is 0.0542. The highest BCUT2D eigenvalue weighted by atomic mass is 32.2. The Morgan fingerprint density at radius 2 is 1.79 bits per heavy atom. The van der Waals surface area contributed by atoms with E-state index in [-0.39, 0.29) is 17.7 Å². The maximum absolute atomic E-state index is 12.3. The molecule has 0 fully saturated rings. The van der Waals surface area contributed by atoms with Crippen LogP contribution >= 0.6 is 11.8 Å². The van der Waals surface area contributed by atoms with Crippen molar-refractivity contribution in [2.45, 2.75) is 45.4 Å². The molecule has 3 rings (SSSR count). The Hall–Kier alpha value is -2.60. The van der Waals surface area contributed by atoms with Crippen LogP contribution in [0.15, 0.2) is 58.2 Å². The van der Waals surface area contributed by atoms with E-state index in [1.165, 1.54) is 17.3 Å². The van der Waals surface area contributed by atoms with E-state index in [1.807, 2.05) is 38.1 Å². The minimum Gasteiger partial charge on any atom is -0.411 e. The third-order valence-electron chi connectivity index (χ3n) is 4.61. The summed E-state index contributed by atoms with van der Waals surface area (Å²) >= 11 is 1.24. The van der Waals surface area contributed by atoms with Crippen molar-refractivity contribution < 1.29 is 9.21 Å². The van der Waals surface area contributed by atoms with Crippen LogP contribution in [0.3, 0.4) is 0 Å². The number of carbonyl (C=O) groups excluding carboxylic acids is 1. The summed E-state index contributed by atoms with van der Waals surface area (Å²) in [4.78, 5) is 12.3. The molecule has 1 heterocycles. The molecule has 0 spiro atoms. The second kappa shape index (κ2) is 9.74. The lowest BCUT2D eigenvalue weighted by Gasteiger charge is -2.15. The summed E-state index contributed by atoms with van der Waals surface area (Å²) in [5, 5.41) is 11.6. The number of thioether (sulfide) groups is 1. The van der Waals surface area contributed by atoms with E-state index >= 15 is 0 Å². The summed E-state index contributed by atoms with van der Waals surface area (Å²) in [6.07, 6.45) is 1.06. The van der Waals surface area contributed by atoms with Crippen molar-refractivity contribution in [2.24, 2.45) is 5.92 Å². The van der Waals surface area contributed by atoms with Gasteiger partial charge in [0.05, 0.1) is 11.8 Å². The normalized spacial score (nSPS) is 12.2. The third kappa shape index (κ3) is 5.94. The van der Waals surface area contributed by atoms with Gasteiger partial charge in [-0.15, -0.1) is 10.2 Å². The number of hydrogen-bond donors (Lipinski definition) is 1. The van der Waals surface area contributed by atoms with E-state index in [4.69, 9.17) is 4.42 Å². The molecule has 0 aliphatic rings. The molecule has 6 heteroatoms. The van der Waals surface area contributed by atoms with E-state index in [0.717, 1.165) is 23.1 Å². The number of hydrogen-bond acceptors (Lipinski definition) is 5. The molecule has 152 valence electrons. The number of aromatic nitrogens is 2. The van der Waals surface area contributed by atoms with E-state index < -0.39 is 0 Å². The third-order valence-corrected chi connectivity index (χ3v) is 5.43. The second-order valence-corrected chi connectivity index (χ2v) is 8.53. The van der Waals surface area contributed by atoms with Crippen molar-refractivity contribution in [3.05, 3.63) is 65.2 Å². The lowest BCUT2D eigenvalue weighted by atomic mass is 10.00. The number of benzene rings is 2. The smallest absolute Gasteiger partial charge is 0.277 e. The first-order valence-corrected chi connectivity index (χ1v) is 10.8. The van der Waals surface area contributed by atoms with Crippen molar-refractivity contribution in [3.8, 4) is 11.5 Å². The Morgan fingerprint density at radius 3 is 2.48 bits per heavy atom. The molecule has 0 bridgehead atoms. The van der Waals surface area contributed by atoms with Gasteiger partial charge in [0, 0.05) is 5.56 Å². The first-order chi connectivity index (χ1) is 13.9. The van der Waals surface area contributed by atoms with E-state index in [2.05, 4.69) is 53.6 Å². The summed E-state index contributed by atoms with van der Waals surface area (Å²) < 4.78 is 5.70. The number of aryl methyl sites for hydroxylation is 1. The van der Waals surface area contributed by atoms with Gasteiger partial charge in [-0.2, -0.15) is 0 Å². The molecule has 3 aromatic rings. The van der Waals surface area contributed by atoms with Crippen LogP contribution in [-0.4, -0.2) is 21.9 Å². The minimum atomic E-state index is -0.0654. The van der Waals surface area contributed by atoms with Gasteiger partial charge in [0.25, 0.3) is 5.22 Å². The summed E-state index contributed by atoms with van der Waals surface area (Å²) in [7, 11) is 0. The monoisotopic (exact) mass is 409 g/mol. The fraction of sp³-hybridized carbons (Fsp3) is 0.348. The maximum Gasteiger partial charge on any atom is 0.277 e. The Kier molecular flexibility index (Phi) is 7.09. The topological polar surface area (TPSA) is 68.0 Å². The summed E-state index contributed by atoms with van der Waals surface area (Å²) in [5.41, 5.74) is 4.39. The average Bonchev–Trinajstić information content (AvgIpc) is 3.15. The summed E-state index contributed by atoms with van der Waals surface area (Å²) in [5.74, 6) is 1.27. The zero-order valence-electron chi connectivity index (χ0n) is 17.3. The largest absolute Gasteiger partial charge is 0.411 e. The second-order valence-electron chi connectivity index (χ2n) is 7.61. The summed E-state index contributed by atoms with van der Waals surface area (Å²) in [6, 6.07) is 16.2. The number of amides is 1. The molecule has 1 aromatic heterocycles. The van der Waals surface area contributed by atoms with Crippen LogP contribution in [0.25, 0.3) is 11.5 Å². The van der Waals surface area contributed by atoms with Crippen LogP contribution < -0.4 is 5.32 Å². The molecule has 5 nitrogen and oxygen atoms in total. The highest BCUT2D eigenvalue weighted by Gasteiger charge is 2.14. The van der Waals surface area contributed by atoms with Gasteiger partial charge in [0.15, 0.2) is 0 Å². The molecule has 0 saturated heterocycles. The van der Waals surface area contributed by atoms with Crippen molar-refractivity contribution in [1.29, 1.82) is 0 Å². The van der Waals surface area contributed by atoms with Crippen LogP contribution in [0.2, 0.25) is 0 Å². The van der Waals surface area contributed by atoms with Gasteiger partial charge in [-0.05, 0) is 48.9 Å². The molecule has 0 aliphatic heterocycles. The van der Waals surface area contributed by atoms with Crippen LogP contribution in [0.1, 0.15) is 43.5 Å². The van der Waals surface area contributed by atoms with Crippen molar-refractivity contribution in [1.82, 2.24) is 15.5 Å². The Morgan fingerprint density at radius 1 is 1.07 bits per heavy atom. The standard InChI is InChI=1S/C23H27N3O2S/c1-15(2)13-18-9-11-19(12-10-18)17(4)24-21(27)14-29-23-26-25-22(28-23)20-8-6-5-7-16(20)3/h5-12,15,17H,13-14H2,1-4H3,(H,24,27)/t17-/m1/s1. The van der Waals surface area contributed by atoms with E-state index in [1.54, 1.807) is 0 Å². The van der Waals surface area contributed by atoms with Gasteiger partial charge in [-0.1, -0.05) is 68.1 Å². The lowest BCUT2D eigenvalue weighted by molar-refractivity contribution is -0.119. The maximum atomic E-state index is 12.3. The first kappa shape index (κ1) is 21.1. The molecule has 1 N–H and O–H groups in total. The quantitative estimate of drug-likeness (QED) is 0.517. The van der Waals surface area contributed by atoms with Gasteiger partial charge < -0.3 is 9.73 Å². The fourth-order valence-corrected chi connectivity index (χ4v) is 3.67. The molecule has 1 amide bonds. The lowest BCUT2D eigenvalue weighted by Crippen LogP contribution is -2.28. The molecule has 1 atom stereocenters. The SMILES string of the molecule is Cc1ccccc1-c1nnc(SCC(=O)N[C@H](C)c2ccc(CC(C)C)cc2)o1. The zero-order chi connectivity index (χ0) is 20.8. The van der Waals surface area contributed by atoms with E-state index in [0.29, 0.717) is 17.0 Å². The van der Waals surface area contributed by atoms with Crippen molar-refractivity contribution in [2.75, 3.05) is 5.75 Å². The number of carbonyl (C=O) groups is 1. The van der Waals surface area contributed by atoms with Gasteiger partial charge in [0.1, 0.15) is 0 Å². The van der Waals surface area contributed by atoms with Crippen molar-refractivity contribution >= 4 is 17.7 Å². The molecule has 0 saturated carbocycles. The molecular formula is C23H27N3O2S. The highest BCUT2D eigenvalue weighted by Crippen LogP contribution is 2.25. The van der Waals surface area contributed by atoms with E-state index in [9.17, 15) is 4.79 Å². The molecule has 0 radical (unpaired) electrons. The van der Waals surface area contributed by atoms with Crippen LogP contribution in [0.4, 0.5) is 0 Å². The van der Waals surface area contributed by atoms with Gasteiger partial charge in [-0.25, -0.2) is 0 Å². The number of nitrogens with one attached hydrogen (secondary N) is 1. The molecule has 0 unspecified atom stereocenters. The van der Waals surface area contributed by atoms with Crippen molar-refractivity contribution in [3.63, 3.8) is 0 Å². The Labute approximate surface area is 176 Å². The van der Waals surface area contributed by atoms with Crippen LogP contribution in [0.5, 0.6) is 0 Å². The van der Waals surface area contributed by atoms with Gasteiger partial charge in [0.2, 0.25) is 11.8 Å².